The van der Waals surface area contributed by atoms with Gasteiger partial charge >= 0.3 is 5.97 Å². The first-order valence-corrected chi connectivity index (χ1v) is 11.7. The predicted octanol–water partition coefficient (Wildman–Crippen LogP) is 4.71. The van der Waals surface area contributed by atoms with Gasteiger partial charge in [0.15, 0.2) is 5.82 Å². The molecule has 35 heavy (non-hydrogen) atoms. The Morgan fingerprint density at radius 2 is 1.77 bits per heavy atom. The summed E-state index contributed by atoms with van der Waals surface area (Å²) in [6.07, 6.45) is 2.13. The van der Waals surface area contributed by atoms with Crippen molar-refractivity contribution in [3.05, 3.63) is 77.5 Å². The maximum Gasteiger partial charge on any atom is 0.331 e. The SMILES string of the molecule is COC(=O)COCCCCc1c(-c2ccc(F)cc2)nc(C(=O)NCc2ccccc2)n1C(C)C. The van der Waals surface area contributed by atoms with Gasteiger partial charge in [0.25, 0.3) is 5.91 Å². The third-order valence-electron chi connectivity index (χ3n) is 5.54. The van der Waals surface area contributed by atoms with Crippen LogP contribution in [0.15, 0.2) is 54.6 Å². The molecule has 3 rings (SSSR count). The zero-order chi connectivity index (χ0) is 25.2. The molecule has 1 amide bonds. The largest absolute Gasteiger partial charge is 0.467 e. The number of esters is 1. The van der Waals surface area contributed by atoms with Crippen molar-refractivity contribution in [2.45, 2.75) is 45.7 Å². The number of benzene rings is 2. The van der Waals surface area contributed by atoms with E-state index in [1.54, 1.807) is 12.1 Å². The highest BCUT2D eigenvalue weighted by Gasteiger charge is 2.24. The number of rotatable bonds is 12. The number of carbonyl (C=O) groups excluding carboxylic acids is 2. The van der Waals surface area contributed by atoms with Gasteiger partial charge in [-0.2, -0.15) is 0 Å². The van der Waals surface area contributed by atoms with Crippen LogP contribution >= 0.6 is 0 Å². The average Bonchev–Trinajstić information content (AvgIpc) is 3.25. The minimum absolute atomic E-state index is 0.0141. The standard InChI is InChI=1S/C27H32FN3O4/c1-19(2)31-23(11-7-8-16-35-18-24(32)34-3)25(21-12-14-22(28)15-13-21)30-26(31)27(33)29-17-20-9-5-4-6-10-20/h4-6,9-10,12-15,19H,7-8,11,16-18H2,1-3H3,(H,29,33). The molecule has 1 heterocycles. The van der Waals surface area contributed by atoms with Crippen LogP contribution in [0.4, 0.5) is 4.39 Å². The molecule has 0 radical (unpaired) electrons. The van der Waals surface area contributed by atoms with Gasteiger partial charge in [-0.05, 0) is 62.9 Å². The van der Waals surface area contributed by atoms with Crippen molar-refractivity contribution in [3.63, 3.8) is 0 Å². The molecule has 1 N–H and O–H groups in total. The van der Waals surface area contributed by atoms with Crippen LogP contribution in [0.5, 0.6) is 0 Å². The van der Waals surface area contributed by atoms with Gasteiger partial charge in [-0.3, -0.25) is 4.79 Å². The summed E-state index contributed by atoms with van der Waals surface area (Å²) in [6.45, 7) is 4.75. The topological polar surface area (TPSA) is 82.5 Å². The number of ether oxygens (including phenoxy) is 2. The average molecular weight is 482 g/mol. The Morgan fingerprint density at radius 1 is 1.06 bits per heavy atom. The zero-order valence-electron chi connectivity index (χ0n) is 20.4. The molecule has 0 fully saturated rings. The Labute approximate surface area is 205 Å². The fourth-order valence-corrected chi connectivity index (χ4v) is 3.83. The van der Waals surface area contributed by atoms with Crippen molar-refractivity contribution in [2.24, 2.45) is 0 Å². The smallest absolute Gasteiger partial charge is 0.331 e. The lowest BCUT2D eigenvalue weighted by Crippen LogP contribution is -2.27. The Bertz CT molecular complexity index is 1110. The number of hydrogen-bond acceptors (Lipinski definition) is 5. The third kappa shape index (κ3) is 7.23. The fraction of sp³-hybridized carbons (Fsp3) is 0.370. The Morgan fingerprint density at radius 3 is 2.43 bits per heavy atom. The van der Waals surface area contributed by atoms with Crippen LogP contribution in [0.25, 0.3) is 11.3 Å². The van der Waals surface area contributed by atoms with Gasteiger partial charge in [-0.15, -0.1) is 0 Å². The van der Waals surface area contributed by atoms with Gasteiger partial charge < -0.3 is 19.4 Å². The molecular weight excluding hydrogens is 449 g/mol. The number of nitrogens with zero attached hydrogens (tertiary/aromatic N) is 2. The first-order valence-electron chi connectivity index (χ1n) is 11.7. The lowest BCUT2D eigenvalue weighted by molar-refractivity contribution is -0.145. The highest BCUT2D eigenvalue weighted by molar-refractivity contribution is 5.92. The molecule has 0 bridgehead atoms. The van der Waals surface area contributed by atoms with Crippen molar-refractivity contribution in [1.29, 1.82) is 0 Å². The van der Waals surface area contributed by atoms with Crippen molar-refractivity contribution in [1.82, 2.24) is 14.9 Å². The molecular formula is C27H32FN3O4. The van der Waals surface area contributed by atoms with E-state index in [1.807, 2.05) is 48.7 Å². The molecule has 0 saturated carbocycles. The number of halogens is 1. The van der Waals surface area contributed by atoms with Crippen molar-refractivity contribution in [3.8, 4) is 11.3 Å². The summed E-state index contributed by atoms with van der Waals surface area (Å²) < 4.78 is 25.4. The Hall–Kier alpha value is -3.52. The molecule has 186 valence electrons. The van der Waals surface area contributed by atoms with Crippen LogP contribution in [0.3, 0.4) is 0 Å². The van der Waals surface area contributed by atoms with E-state index in [0.717, 1.165) is 29.7 Å². The van der Waals surface area contributed by atoms with Crippen molar-refractivity contribution in [2.75, 3.05) is 20.3 Å². The number of imidazole rings is 1. The molecule has 0 unspecified atom stereocenters. The monoisotopic (exact) mass is 481 g/mol. The number of unbranched alkanes of at least 4 members (excludes halogenated alkanes) is 1. The number of methoxy groups -OCH3 is 1. The van der Waals surface area contributed by atoms with Gasteiger partial charge in [-0.25, -0.2) is 14.2 Å². The molecule has 0 aliphatic carbocycles. The van der Waals surface area contributed by atoms with E-state index in [9.17, 15) is 14.0 Å². The summed E-state index contributed by atoms with van der Waals surface area (Å²) in [6, 6.07) is 15.8. The summed E-state index contributed by atoms with van der Waals surface area (Å²) in [5, 5.41) is 2.97. The highest BCUT2D eigenvalue weighted by Crippen LogP contribution is 2.29. The third-order valence-corrected chi connectivity index (χ3v) is 5.54. The maximum absolute atomic E-state index is 13.6. The van der Waals surface area contributed by atoms with Gasteiger partial charge in [0.1, 0.15) is 12.4 Å². The second-order valence-corrected chi connectivity index (χ2v) is 8.46. The molecule has 0 atom stereocenters. The van der Waals surface area contributed by atoms with E-state index < -0.39 is 5.97 Å². The van der Waals surface area contributed by atoms with Gasteiger partial charge in [0.2, 0.25) is 0 Å². The highest BCUT2D eigenvalue weighted by atomic mass is 19.1. The van der Waals surface area contributed by atoms with Gasteiger partial charge in [0, 0.05) is 30.5 Å². The van der Waals surface area contributed by atoms with Crippen LogP contribution in [-0.2, 0) is 27.2 Å². The van der Waals surface area contributed by atoms with Crippen molar-refractivity contribution >= 4 is 11.9 Å². The molecule has 3 aromatic rings. The van der Waals surface area contributed by atoms with E-state index in [0.29, 0.717) is 31.1 Å². The first kappa shape index (κ1) is 26.1. The second kappa shape index (κ2) is 12.8. The molecule has 8 heteroatoms. The quantitative estimate of drug-likeness (QED) is 0.299. The molecule has 0 aliphatic rings. The van der Waals surface area contributed by atoms with Crippen LogP contribution in [0, 0.1) is 5.82 Å². The summed E-state index contributed by atoms with van der Waals surface area (Å²) in [5.74, 6) is -0.680. The van der Waals surface area contributed by atoms with E-state index in [1.165, 1.54) is 19.2 Å². The number of nitrogens with one attached hydrogen (secondary N) is 1. The summed E-state index contributed by atoms with van der Waals surface area (Å²) in [7, 11) is 1.32. The van der Waals surface area contributed by atoms with Gasteiger partial charge in [0.05, 0.1) is 12.8 Å². The number of amides is 1. The van der Waals surface area contributed by atoms with Crippen molar-refractivity contribution < 1.29 is 23.5 Å². The van der Waals surface area contributed by atoms with Crippen LogP contribution in [-0.4, -0.2) is 41.8 Å². The lowest BCUT2D eigenvalue weighted by atomic mass is 10.1. The number of aromatic nitrogens is 2. The molecule has 1 aromatic heterocycles. The predicted molar refractivity (Wildman–Crippen MR) is 131 cm³/mol. The molecule has 7 nitrogen and oxygen atoms in total. The van der Waals surface area contributed by atoms with Gasteiger partial charge in [-0.1, -0.05) is 30.3 Å². The Kier molecular flexibility index (Phi) is 9.55. The minimum Gasteiger partial charge on any atom is -0.467 e. The minimum atomic E-state index is -0.410. The normalized spacial score (nSPS) is 11.0. The summed E-state index contributed by atoms with van der Waals surface area (Å²) >= 11 is 0. The number of hydrogen-bond donors (Lipinski definition) is 1. The number of carbonyl (C=O) groups is 2. The summed E-state index contributed by atoms with van der Waals surface area (Å²) in [4.78, 5) is 29.1. The fourth-order valence-electron chi connectivity index (χ4n) is 3.83. The maximum atomic E-state index is 13.6. The summed E-state index contributed by atoms with van der Waals surface area (Å²) in [5.41, 5.74) is 3.32. The second-order valence-electron chi connectivity index (χ2n) is 8.46. The van der Waals surface area contributed by atoms with E-state index in [4.69, 9.17) is 9.72 Å². The van der Waals surface area contributed by atoms with Crippen LogP contribution < -0.4 is 5.32 Å². The van der Waals surface area contributed by atoms with Crippen LogP contribution in [0.2, 0.25) is 0 Å². The van der Waals surface area contributed by atoms with Crippen LogP contribution in [0.1, 0.15) is 54.6 Å². The van der Waals surface area contributed by atoms with E-state index >= 15 is 0 Å². The molecule has 0 aliphatic heterocycles. The zero-order valence-corrected chi connectivity index (χ0v) is 20.4. The molecule has 2 aromatic carbocycles. The first-order chi connectivity index (χ1) is 16.9. The molecule has 0 saturated heterocycles. The van der Waals surface area contributed by atoms with E-state index in [-0.39, 0.29) is 24.4 Å². The van der Waals surface area contributed by atoms with E-state index in [2.05, 4.69) is 10.1 Å². The lowest BCUT2D eigenvalue weighted by Gasteiger charge is -2.16. The molecule has 0 spiro atoms. The Balaban J connectivity index is 1.82.